The minimum atomic E-state index is -0.0863. The van der Waals surface area contributed by atoms with E-state index in [0.717, 1.165) is 10.9 Å². The molecule has 0 saturated carbocycles. The van der Waals surface area contributed by atoms with Crippen LogP contribution in [0.5, 0.6) is 11.6 Å². The summed E-state index contributed by atoms with van der Waals surface area (Å²) in [5, 5.41) is 0.861. The predicted molar refractivity (Wildman–Crippen MR) is 72.2 cm³/mol. The molecule has 1 aliphatic rings. The molecule has 0 bridgehead atoms. The number of hydrogen-bond acceptors (Lipinski definition) is 3. The first kappa shape index (κ1) is 11.5. The van der Waals surface area contributed by atoms with Gasteiger partial charge in [-0.05, 0) is 23.3 Å². The standard InChI is InChI=1S/C14H12BrNO2/c15-8-10-3-5-11(6-4-10)13-9-17-12-2-1-7-16-14(12)18-13/h1-7,13H,8-9H2. The molecule has 1 aliphatic heterocycles. The molecular formula is C14H12BrNO2. The van der Waals surface area contributed by atoms with E-state index in [1.54, 1.807) is 6.20 Å². The van der Waals surface area contributed by atoms with Gasteiger partial charge in [-0.15, -0.1) is 0 Å². The molecule has 0 saturated heterocycles. The molecule has 1 aromatic carbocycles. The second-order valence-electron chi connectivity index (χ2n) is 4.10. The second-order valence-corrected chi connectivity index (χ2v) is 4.66. The topological polar surface area (TPSA) is 31.4 Å². The SMILES string of the molecule is BrCc1ccc(C2COc3cccnc3O2)cc1. The zero-order valence-corrected chi connectivity index (χ0v) is 11.3. The minimum Gasteiger partial charge on any atom is -0.484 e. The molecule has 4 heteroatoms. The average Bonchev–Trinajstić information content (AvgIpc) is 2.47. The monoisotopic (exact) mass is 305 g/mol. The molecule has 2 aromatic rings. The molecule has 92 valence electrons. The lowest BCUT2D eigenvalue weighted by Gasteiger charge is -2.25. The number of pyridine rings is 1. The van der Waals surface area contributed by atoms with E-state index >= 15 is 0 Å². The van der Waals surface area contributed by atoms with Gasteiger partial charge >= 0.3 is 0 Å². The van der Waals surface area contributed by atoms with Crippen molar-refractivity contribution in [1.82, 2.24) is 4.98 Å². The van der Waals surface area contributed by atoms with Crippen LogP contribution in [-0.2, 0) is 5.33 Å². The van der Waals surface area contributed by atoms with Crippen molar-refractivity contribution in [2.45, 2.75) is 11.4 Å². The highest BCUT2D eigenvalue weighted by molar-refractivity contribution is 9.08. The van der Waals surface area contributed by atoms with Gasteiger partial charge in [0.1, 0.15) is 6.61 Å². The first-order valence-electron chi connectivity index (χ1n) is 5.76. The fourth-order valence-corrected chi connectivity index (χ4v) is 2.27. The molecule has 3 nitrogen and oxygen atoms in total. The van der Waals surface area contributed by atoms with E-state index in [9.17, 15) is 0 Å². The third kappa shape index (κ3) is 2.20. The summed E-state index contributed by atoms with van der Waals surface area (Å²) < 4.78 is 11.5. The molecule has 1 atom stereocenters. The average molecular weight is 306 g/mol. The highest BCUT2D eigenvalue weighted by Crippen LogP contribution is 2.33. The zero-order chi connectivity index (χ0) is 12.4. The van der Waals surface area contributed by atoms with Crippen molar-refractivity contribution in [3.63, 3.8) is 0 Å². The lowest BCUT2D eigenvalue weighted by molar-refractivity contribution is 0.0851. The maximum absolute atomic E-state index is 5.84. The first-order chi connectivity index (χ1) is 8.86. The van der Waals surface area contributed by atoms with Crippen LogP contribution in [-0.4, -0.2) is 11.6 Å². The quantitative estimate of drug-likeness (QED) is 0.796. The van der Waals surface area contributed by atoms with Crippen LogP contribution in [0.3, 0.4) is 0 Å². The van der Waals surface area contributed by atoms with E-state index in [0.29, 0.717) is 18.2 Å². The van der Waals surface area contributed by atoms with Gasteiger partial charge in [0.15, 0.2) is 11.9 Å². The molecule has 0 amide bonds. The Morgan fingerprint density at radius 1 is 1.22 bits per heavy atom. The molecule has 3 rings (SSSR count). The summed E-state index contributed by atoms with van der Waals surface area (Å²) >= 11 is 3.43. The first-order valence-corrected chi connectivity index (χ1v) is 6.88. The van der Waals surface area contributed by atoms with Crippen LogP contribution in [0.25, 0.3) is 0 Å². The van der Waals surface area contributed by atoms with Crippen molar-refractivity contribution < 1.29 is 9.47 Å². The fourth-order valence-electron chi connectivity index (χ4n) is 1.89. The summed E-state index contributed by atoms with van der Waals surface area (Å²) in [5.41, 5.74) is 2.35. The van der Waals surface area contributed by atoms with Crippen molar-refractivity contribution >= 4 is 15.9 Å². The maximum Gasteiger partial charge on any atom is 0.257 e. The van der Waals surface area contributed by atoms with Gasteiger partial charge in [-0.2, -0.15) is 0 Å². The van der Waals surface area contributed by atoms with Crippen LogP contribution in [0.2, 0.25) is 0 Å². The number of alkyl halides is 1. The zero-order valence-electron chi connectivity index (χ0n) is 9.67. The predicted octanol–water partition coefficient (Wildman–Crippen LogP) is 3.49. The van der Waals surface area contributed by atoms with Gasteiger partial charge in [-0.1, -0.05) is 40.2 Å². The number of aromatic nitrogens is 1. The van der Waals surface area contributed by atoms with Crippen molar-refractivity contribution in [1.29, 1.82) is 0 Å². The molecule has 1 aromatic heterocycles. The van der Waals surface area contributed by atoms with Crippen LogP contribution in [0.15, 0.2) is 42.6 Å². The second kappa shape index (κ2) is 4.98. The van der Waals surface area contributed by atoms with E-state index in [1.165, 1.54) is 5.56 Å². The molecule has 0 N–H and O–H groups in total. The van der Waals surface area contributed by atoms with Gasteiger partial charge < -0.3 is 9.47 Å². The largest absolute Gasteiger partial charge is 0.484 e. The minimum absolute atomic E-state index is 0.0863. The molecule has 18 heavy (non-hydrogen) atoms. The van der Waals surface area contributed by atoms with Crippen LogP contribution < -0.4 is 9.47 Å². The number of halogens is 1. The molecule has 2 heterocycles. The third-order valence-corrected chi connectivity index (χ3v) is 3.53. The van der Waals surface area contributed by atoms with Gasteiger partial charge in [-0.3, -0.25) is 0 Å². The Bertz CT molecular complexity index is 542. The summed E-state index contributed by atoms with van der Waals surface area (Å²) in [5.74, 6) is 1.28. The molecule has 1 unspecified atom stereocenters. The number of rotatable bonds is 2. The molecule has 0 spiro atoms. The smallest absolute Gasteiger partial charge is 0.257 e. The van der Waals surface area contributed by atoms with E-state index < -0.39 is 0 Å². The number of fused-ring (bicyclic) bond motifs is 1. The van der Waals surface area contributed by atoms with E-state index in [4.69, 9.17) is 9.47 Å². The van der Waals surface area contributed by atoms with Crippen molar-refractivity contribution in [3.8, 4) is 11.6 Å². The molecule has 0 radical (unpaired) electrons. The van der Waals surface area contributed by atoms with Gasteiger partial charge in [-0.25, -0.2) is 4.98 Å². The molecule has 0 fully saturated rings. The number of benzene rings is 1. The van der Waals surface area contributed by atoms with Crippen LogP contribution in [0.4, 0.5) is 0 Å². The Morgan fingerprint density at radius 2 is 2.06 bits per heavy atom. The van der Waals surface area contributed by atoms with E-state index in [1.807, 2.05) is 12.1 Å². The Morgan fingerprint density at radius 3 is 2.83 bits per heavy atom. The fraction of sp³-hybridized carbons (Fsp3) is 0.214. The highest BCUT2D eigenvalue weighted by atomic mass is 79.9. The summed E-state index contributed by atoms with van der Waals surface area (Å²) in [6.07, 6.45) is 1.62. The van der Waals surface area contributed by atoms with Gasteiger partial charge in [0.05, 0.1) is 0 Å². The lowest BCUT2D eigenvalue weighted by Crippen LogP contribution is -2.22. The lowest BCUT2D eigenvalue weighted by atomic mass is 10.1. The summed E-state index contributed by atoms with van der Waals surface area (Å²) in [6.45, 7) is 0.520. The van der Waals surface area contributed by atoms with Gasteiger partial charge in [0.25, 0.3) is 5.88 Å². The van der Waals surface area contributed by atoms with Crippen LogP contribution >= 0.6 is 15.9 Å². The molecular weight excluding hydrogens is 294 g/mol. The third-order valence-electron chi connectivity index (χ3n) is 2.89. The van der Waals surface area contributed by atoms with Gasteiger partial charge in [0.2, 0.25) is 0 Å². The van der Waals surface area contributed by atoms with Crippen LogP contribution in [0.1, 0.15) is 17.2 Å². The highest BCUT2D eigenvalue weighted by Gasteiger charge is 2.23. The van der Waals surface area contributed by atoms with Gasteiger partial charge in [0, 0.05) is 11.5 Å². The number of nitrogens with zero attached hydrogens (tertiary/aromatic N) is 1. The Balaban J connectivity index is 1.82. The summed E-state index contributed by atoms with van der Waals surface area (Å²) in [6, 6.07) is 12.0. The van der Waals surface area contributed by atoms with Crippen molar-refractivity contribution in [2.75, 3.05) is 6.61 Å². The van der Waals surface area contributed by atoms with E-state index in [2.05, 4.69) is 45.2 Å². The van der Waals surface area contributed by atoms with Crippen LogP contribution in [0, 0.1) is 0 Å². The van der Waals surface area contributed by atoms with Crippen molar-refractivity contribution in [2.24, 2.45) is 0 Å². The molecule has 0 aliphatic carbocycles. The van der Waals surface area contributed by atoms with E-state index in [-0.39, 0.29) is 6.10 Å². The summed E-state index contributed by atoms with van der Waals surface area (Å²) in [7, 11) is 0. The normalized spacial score (nSPS) is 17.5. The Labute approximate surface area is 114 Å². The number of ether oxygens (including phenoxy) is 2. The number of hydrogen-bond donors (Lipinski definition) is 0. The Hall–Kier alpha value is -1.55. The maximum atomic E-state index is 5.84. The van der Waals surface area contributed by atoms with Crippen molar-refractivity contribution in [3.05, 3.63) is 53.7 Å². The Kier molecular flexibility index (Phi) is 3.19. The summed E-state index contributed by atoms with van der Waals surface area (Å²) in [4.78, 5) is 4.17.